The van der Waals surface area contributed by atoms with E-state index in [0.29, 0.717) is 0 Å². The summed E-state index contributed by atoms with van der Waals surface area (Å²) in [7, 11) is 0. The molecule has 2 aromatic rings. The highest BCUT2D eigenvalue weighted by Gasteiger charge is 2.33. The number of nitrogens with two attached hydrogens (primary N) is 1. The third-order valence-corrected chi connectivity index (χ3v) is 5.73. The molecule has 0 aliphatic carbocycles. The van der Waals surface area contributed by atoms with Gasteiger partial charge in [-0.1, -0.05) is 67.6 Å². The van der Waals surface area contributed by atoms with Gasteiger partial charge in [0.15, 0.2) is 0 Å². The summed E-state index contributed by atoms with van der Waals surface area (Å²) in [5, 5.41) is 0. The van der Waals surface area contributed by atoms with Gasteiger partial charge in [-0.3, -0.25) is 4.79 Å². The van der Waals surface area contributed by atoms with Crippen LogP contribution in [-0.4, -0.2) is 28.9 Å². The molecule has 3 unspecified atom stereocenters. The fourth-order valence-corrected chi connectivity index (χ4v) is 4.29. The molecule has 1 aliphatic heterocycles. The molecule has 0 spiro atoms. The first kappa shape index (κ1) is 19.8. The number of hydrogen-bond donors (Lipinski definition) is 1. The number of halogens is 1. The second kappa shape index (κ2) is 9.27. The molecule has 3 nitrogen and oxygen atoms in total. The van der Waals surface area contributed by atoms with Gasteiger partial charge in [0, 0.05) is 24.1 Å². The van der Waals surface area contributed by atoms with Gasteiger partial charge in [0.2, 0.25) is 5.91 Å². The van der Waals surface area contributed by atoms with E-state index in [4.69, 9.17) is 5.73 Å². The van der Waals surface area contributed by atoms with Crippen molar-refractivity contribution in [3.63, 3.8) is 0 Å². The predicted molar refractivity (Wildman–Crippen MR) is 108 cm³/mol. The maximum atomic E-state index is 13.1. The van der Waals surface area contributed by atoms with Gasteiger partial charge in [-0.05, 0) is 11.1 Å². The van der Waals surface area contributed by atoms with Crippen LogP contribution in [0.15, 0.2) is 60.7 Å². The van der Waals surface area contributed by atoms with E-state index in [2.05, 4.69) is 12.1 Å². The van der Waals surface area contributed by atoms with Crippen LogP contribution in [0.2, 0.25) is 0 Å². The third kappa shape index (κ3) is 4.57. The summed E-state index contributed by atoms with van der Waals surface area (Å²) >= 11 is 1.91. The van der Waals surface area contributed by atoms with Gasteiger partial charge in [-0.2, -0.15) is 11.8 Å². The first-order valence-electron chi connectivity index (χ1n) is 8.42. The number of rotatable bonds is 4. The van der Waals surface area contributed by atoms with Crippen molar-refractivity contribution in [1.82, 2.24) is 4.90 Å². The van der Waals surface area contributed by atoms with E-state index in [1.807, 2.05) is 72.1 Å². The van der Waals surface area contributed by atoms with Gasteiger partial charge < -0.3 is 10.6 Å². The molecule has 0 saturated carbocycles. The molecule has 2 aromatic carbocycles. The Bertz CT molecular complexity index is 668. The quantitative estimate of drug-likeness (QED) is 0.875. The van der Waals surface area contributed by atoms with Crippen LogP contribution in [0.4, 0.5) is 0 Å². The minimum atomic E-state index is -0.273. The molecular weight excluding hydrogens is 352 g/mol. The number of benzene rings is 2. The Kier molecular flexibility index (Phi) is 7.36. The lowest BCUT2D eigenvalue weighted by Crippen LogP contribution is -2.45. The summed E-state index contributed by atoms with van der Waals surface area (Å²) in [6.45, 7) is 2.73. The highest BCUT2D eigenvalue weighted by molar-refractivity contribution is 7.99. The number of nitrogens with zero attached hydrogens (tertiary/aromatic N) is 1. The van der Waals surface area contributed by atoms with Crippen LogP contribution < -0.4 is 5.73 Å². The van der Waals surface area contributed by atoms with Crippen LogP contribution in [-0.2, 0) is 4.79 Å². The zero-order valence-corrected chi connectivity index (χ0v) is 16.0. The van der Waals surface area contributed by atoms with Gasteiger partial charge in [0.25, 0.3) is 0 Å². The SMILES string of the molecule is CC(C(=O)N1CCSCC1c1ccccc1)C(N)c1ccccc1.Cl. The molecule has 3 atom stereocenters. The standard InChI is InChI=1S/C20H24N2OS.ClH/c1-15(19(21)17-10-6-3-7-11-17)20(23)22-12-13-24-14-18(22)16-8-4-2-5-9-16;/h2-11,15,18-19H,12-14,21H2,1H3;1H. The Balaban J connectivity index is 0.00000225. The molecule has 1 saturated heterocycles. The molecule has 0 bridgehead atoms. The number of carbonyl (C=O) groups is 1. The summed E-state index contributed by atoms with van der Waals surface area (Å²) in [6.07, 6.45) is 0. The molecule has 3 rings (SSSR count). The number of amides is 1. The molecule has 1 heterocycles. The monoisotopic (exact) mass is 376 g/mol. The first-order valence-corrected chi connectivity index (χ1v) is 9.57. The minimum Gasteiger partial charge on any atom is -0.334 e. The van der Waals surface area contributed by atoms with Crippen LogP contribution in [0, 0.1) is 5.92 Å². The molecule has 2 N–H and O–H groups in total. The largest absolute Gasteiger partial charge is 0.334 e. The Labute approximate surface area is 160 Å². The highest BCUT2D eigenvalue weighted by atomic mass is 35.5. The zero-order chi connectivity index (χ0) is 16.9. The average molecular weight is 377 g/mol. The highest BCUT2D eigenvalue weighted by Crippen LogP contribution is 2.32. The smallest absolute Gasteiger partial charge is 0.227 e. The van der Waals surface area contributed by atoms with Gasteiger partial charge in [0.05, 0.1) is 12.0 Å². The van der Waals surface area contributed by atoms with Gasteiger partial charge in [-0.15, -0.1) is 12.4 Å². The van der Waals surface area contributed by atoms with E-state index in [0.717, 1.165) is 23.6 Å². The van der Waals surface area contributed by atoms with E-state index in [9.17, 15) is 4.79 Å². The zero-order valence-electron chi connectivity index (χ0n) is 14.4. The van der Waals surface area contributed by atoms with Crippen molar-refractivity contribution < 1.29 is 4.79 Å². The summed E-state index contributed by atoms with van der Waals surface area (Å²) in [4.78, 5) is 15.2. The number of hydrogen-bond acceptors (Lipinski definition) is 3. The van der Waals surface area contributed by atoms with E-state index < -0.39 is 0 Å². The second-order valence-electron chi connectivity index (χ2n) is 6.26. The third-order valence-electron chi connectivity index (χ3n) is 4.71. The maximum absolute atomic E-state index is 13.1. The predicted octanol–water partition coefficient (Wildman–Crippen LogP) is 4.06. The molecule has 1 fully saturated rings. The van der Waals surface area contributed by atoms with Crippen LogP contribution in [0.1, 0.15) is 30.1 Å². The molecule has 25 heavy (non-hydrogen) atoms. The lowest BCUT2D eigenvalue weighted by Gasteiger charge is -2.38. The van der Waals surface area contributed by atoms with Crippen molar-refractivity contribution in [2.45, 2.75) is 19.0 Å². The first-order chi connectivity index (χ1) is 11.7. The van der Waals surface area contributed by atoms with Crippen LogP contribution in [0.5, 0.6) is 0 Å². The molecule has 134 valence electrons. The van der Waals surface area contributed by atoms with Crippen molar-refractivity contribution >= 4 is 30.1 Å². The van der Waals surface area contributed by atoms with Crippen molar-refractivity contribution in [1.29, 1.82) is 0 Å². The average Bonchev–Trinajstić information content (AvgIpc) is 2.67. The summed E-state index contributed by atoms with van der Waals surface area (Å²) in [5.74, 6) is 1.85. The van der Waals surface area contributed by atoms with Crippen molar-refractivity contribution in [2.75, 3.05) is 18.1 Å². The molecule has 0 radical (unpaired) electrons. The summed E-state index contributed by atoms with van der Waals surface area (Å²) in [5.41, 5.74) is 8.60. The number of thioether (sulfide) groups is 1. The maximum Gasteiger partial charge on any atom is 0.227 e. The fraction of sp³-hybridized carbons (Fsp3) is 0.350. The van der Waals surface area contributed by atoms with E-state index in [1.165, 1.54) is 5.56 Å². The minimum absolute atomic E-state index is 0. The fourth-order valence-electron chi connectivity index (χ4n) is 3.20. The van der Waals surface area contributed by atoms with Crippen molar-refractivity contribution in [2.24, 2.45) is 11.7 Å². The second-order valence-corrected chi connectivity index (χ2v) is 7.41. The Morgan fingerprint density at radius 3 is 2.36 bits per heavy atom. The lowest BCUT2D eigenvalue weighted by molar-refractivity contribution is -0.137. The molecule has 5 heteroatoms. The van der Waals surface area contributed by atoms with Gasteiger partial charge in [-0.25, -0.2) is 0 Å². The van der Waals surface area contributed by atoms with E-state index in [-0.39, 0.29) is 36.3 Å². The van der Waals surface area contributed by atoms with Gasteiger partial charge >= 0.3 is 0 Å². The van der Waals surface area contributed by atoms with E-state index in [1.54, 1.807) is 0 Å². The van der Waals surface area contributed by atoms with Gasteiger partial charge in [0.1, 0.15) is 0 Å². The Morgan fingerprint density at radius 2 is 1.72 bits per heavy atom. The molecule has 1 aliphatic rings. The van der Waals surface area contributed by atoms with E-state index >= 15 is 0 Å². The summed E-state index contributed by atoms with van der Waals surface area (Å²) in [6, 6.07) is 20.1. The lowest BCUT2D eigenvalue weighted by atomic mass is 9.93. The number of carbonyl (C=O) groups excluding carboxylic acids is 1. The van der Waals surface area contributed by atoms with Crippen molar-refractivity contribution in [3.05, 3.63) is 71.8 Å². The Morgan fingerprint density at radius 1 is 1.12 bits per heavy atom. The van der Waals surface area contributed by atoms with Crippen molar-refractivity contribution in [3.8, 4) is 0 Å². The Hall–Kier alpha value is -1.49. The summed E-state index contributed by atoms with van der Waals surface area (Å²) < 4.78 is 0. The molecule has 1 amide bonds. The molecule has 0 aromatic heterocycles. The van der Waals surface area contributed by atoms with Crippen LogP contribution in [0.25, 0.3) is 0 Å². The van der Waals surface area contributed by atoms with Crippen LogP contribution >= 0.6 is 24.2 Å². The normalized spacial score (nSPS) is 19.6. The topological polar surface area (TPSA) is 46.3 Å². The van der Waals surface area contributed by atoms with Crippen LogP contribution in [0.3, 0.4) is 0 Å². The molecular formula is C20H25ClN2OS.